The van der Waals surface area contributed by atoms with E-state index in [0.717, 1.165) is 52.8 Å². The number of hydrogen-bond donors (Lipinski definition) is 6. The number of carboxylic acids is 1. The molecular formula is C42H55N7O6S. The van der Waals surface area contributed by atoms with Crippen molar-refractivity contribution in [1.29, 1.82) is 0 Å². The van der Waals surface area contributed by atoms with Crippen LogP contribution in [0.4, 0.5) is 0 Å². The van der Waals surface area contributed by atoms with Gasteiger partial charge in [-0.3, -0.25) is 24.2 Å². The average Bonchev–Trinajstić information content (AvgIpc) is 3.63. The van der Waals surface area contributed by atoms with Gasteiger partial charge in [-0.1, -0.05) is 81.6 Å². The summed E-state index contributed by atoms with van der Waals surface area (Å²) >= 11 is 1.65. The van der Waals surface area contributed by atoms with Crippen molar-refractivity contribution in [3.63, 3.8) is 0 Å². The second-order valence-electron chi connectivity index (χ2n) is 15.2. The lowest BCUT2D eigenvalue weighted by Gasteiger charge is -2.38. The van der Waals surface area contributed by atoms with Crippen molar-refractivity contribution >= 4 is 46.9 Å². The topological polar surface area (TPSA) is 209 Å². The highest BCUT2D eigenvalue weighted by atomic mass is 32.1. The molecule has 2 aromatic carbocycles. The number of aliphatic imine (C=N–C) groups is 1. The van der Waals surface area contributed by atoms with Gasteiger partial charge in [-0.2, -0.15) is 0 Å². The Morgan fingerprint density at radius 1 is 0.911 bits per heavy atom. The number of thiophene rings is 1. The van der Waals surface area contributed by atoms with Gasteiger partial charge in [0.05, 0.1) is 0 Å². The van der Waals surface area contributed by atoms with Gasteiger partial charge in [0.15, 0.2) is 5.96 Å². The predicted octanol–water partition coefficient (Wildman–Crippen LogP) is 4.11. The van der Waals surface area contributed by atoms with E-state index in [9.17, 15) is 29.1 Å². The number of carbonyl (C=O) groups excluding carboxylic acids is 4. The number of guanidine groups is 1. The molecule has 1 unspecified atom stereocenters. The molecule has 1 aromatic heterocycles. The van der Waals surface area contributed by atoms with Crippen molar-refractivity contribution in [3.05, 3.63) is 81.5 Å². The summed E-state index contributed by atoms with van der Waals surface area (Å²) in [6.07, 6.45) is 5.45. The lowest BCUT2D eigenvalue weighted by atomic mass is 9.83. The Labute approximate surface area is 332 Å². The van der Waals surface area contributed by atoms with Crippen LogP contribution < -0.4 is 27.4 Å². The van der Waals surface area contributed by atoms with Gasteiger partial charge < -0.3 is 37.4 Å². The van der Waals surface area contributed by atoms with E-state index in [1.54, 1.807) is 11.3 Å². The summed E-state index contributed by atoms with van der Waals surface area (Å²) in [6.45, 7) is 5.17. The van der Waals surface area contributed by atoms with Crippen molar-refractivity contribution < 1.29 is 29.1 Å². The first kappa shape index (κ1) is 41.9. The number of benzene rings is 2. The van der Waals surface area contributed by atoms with Crippen LogP contribution in [0.1, 0.15) is 87.3 Å². The Morgan fingerprint density at radius 3 is 2.30 bits per heavy atom. The quantitative estimate of drug-likeness (QED) is 0.0706. The van der Waals surface area contributed by atoms with Crippen molar-refractivity contribution in [2.75, 3.05) is 6.54 Å². The zero-order valence-electron chi connectivity index (χ0n) is 32.5. The maximum absolute atomic E-state index is 14.8. The van der Waals surface area contributed by atoms with Crippen LogP contribution >= 0.6 is 11.3 Å². The molecule has 14 heteroatoms. The van der Waals surface area contributed by atoms with Gasteiger partial charge in [0.1, 0.15) is 24.2 Å². The summed E-state index contributed by atoms with van der Waals surface area (Å²) in [5.74, 6) is -3.63. The van der Waals surface area contributed by atoms with Gasteiger partial charge in [0.25, 0.3) is 0 Å². The molecule has 1 aliphatic heterocycles. The minimum absolute atomic E-state index is 0.0256. The van der Waals surface area contributed by atoms with Crippen LogP contribution in [0.15, 0.2) is 65.0 Å². The molecule has 2 aliphatic rings. The summed E-state index contributed by atoms with van der Waals surface area (Å²) < 4.78 is 0. The summed E-state index contributed by atoms with van der Waals surface area (Å²) in [4.78, 5) is 74.2. The maximum atomic E-state index is 14.8. The molecule has 5 rings (SSSR count). The van der Waals surface area contributed by atoms with Gasteiger partial charge in [-0.05, 0) is 76.8 Å². The molecule has 0 radical (unpaired) electrons. The Morgan fingerprint density at radius 2 is 1.64 bits per heavy atom. The third-order valence-electron chi connectivity index (χ3n) is 10.8. The summed E-state index contributed by atoms with van der Waals surface area (Å²) in [6, 6.07) is 13.9. The van der Waals surface area contributed by atoms with Crippen LogP contribution in [-0.2, 0) is 43.4 Å². The van der Waals surface area contributed by atoms with Gasteiger partial charge in [-0.25, -0.2) is 4.79 Å². The Bertz CT molecular complexity index is 1890. The highest BCUT2D eigenvalue weighted by molar-refractivity contribution is 7.10. The van der Waals surface area contributed by atoms with E-state index in [1.807, 2.05) is 55.6 Å². The van der Waals surface area contributed by atoms with Crippen molar-refractivity contribution in [2.45, 2.75) is 109 Å². The van der Waals surface area contributed by atoms with Crippen LogP contribution in [0.25, 0.3) is 11.1 Å². The zero-order chi connectivity index (χ0) is 40.4. The summed E-state index contributed by atoms with van der Waals surface area (Å²) in [5.41, 5.74) is 16.0. The lowest BCUT2D eigenvalue weighted by molar-refractivity contribution is -0.153. The molecule has 300 valence electrons. The molecule has 13 nitrogen and oxygen atoms in total. The van der Waals surface area contributed by atoms with Crippen molar-refractivity contribution in [1.82, 2.24) is 20.9 Å². The molecule has 1 saturated carbocycles. The van der Waals surface area contributed by atoms with E-state index in [4.69, 9.17) is 11.5 Å². The average molecular weight is 786 g/mol. The van der Waals surface area contributed by atoms with Crippen LogP contribution in [0.3, 0.4) is 0 Å². The Balaban J connectivity index is 1.46. The first-order valence-electron chi connectivity index (χ1n) is 19.5. The first-order valence-corrected chi connectivity index (χ1v) is 20.4. The number of hydrogen-bond acceptors (Lipinski definition) is 7. The van der Waals surface area contributed by atoms with E-state index in [2.05, 4.69) is 39.1 Å². The number of carbonyl (C=O) groups is 5. The van der Waals surface area contributed by atoms with Crippen LogP contribution in [0.2, 0.25) is 0 Å². The number of nitrogens with two attached hydrogens (primary N) is 2. The van der Waals surface area contributed by atoms with Crippen molar-refractivity contribution in [3.8, 4) is 11.1 Å². The molecule has 4 atom stereocenters. The van der Waals surface area contributed by atoms with Gasteiger partial charge in [-0.15, -0.1) is 11.3 Å². The third kappa shape index (κ3) is 10.7. The second-order valence-corrected chi connectivity index (χ2v) is 16.2. The van der Waals surface area contributed by atoms with Crippen LogP contribution in [-0.4, -0.2) is 76.3 Å². The molecule has 4 amide bonds. The van der Waals surface area contributed by atoms with Gasteiger partial charge >= 0.3 is 5.97 Å². The molecule has 1 aliphatic carbocycles. The normalized spacial score (nSPS) is 17.2. The highest BCUT2D eigenvalue weighted by Gasteiger charge is 2.41. The number of nitrogens with one attached hydrogen (secondary N) is 3. The fourth-order valence-electron chi connectivity index (χ4n) is 7.90. The maximum Gasteiger partial charge on any atom is 0.326 e. The highest BCUT2D eigenvalue weighted by Crippen LogP contribution is 2.37. The predicted molar refractivity (Wildman–Crippen MR) is 217 cm³/mol. The van der Waals surface area contributed by atoms with E-state index in [-0.39, 0.29) is 49.6 Å². The molecule has 2 heterocycles. The number of nitrogens with zero attached hydrogens (tertiary/aromatic N) is 2. The molecule has 8 N–H and O–H groups in total. The second kappa shape index (κ2) is 19.6. The number of amides is 4. The van der Waals surface area contributed by atoms with Gasteiger partial charge in [0.2, 0.25) is 23.6 Å². The molecule has 56 heavy (non-hydrogen) atoms. The fourth-order valence-corrected chi connectivity index (χ4v) is 8.82. The smallest absolute Gasteiger partial charge is 0.326 e. The number of carboxylic acid groups (broad SMARTS) is 1. The molecule has 3 aromatic rings. The Hall–Kier alpha value is -5.24. The van der Waals surface area contributed by atoms with Gasteiger partial charge in [0, 0.05) is 37.7 Å². The van der Waals surface area contributed by atoms with E-state index < -0.39 is 47.9 Å². The van der Waals surface area contributed by atoms with Crippen LogP contribution in [0, 0.1) is 11.8 Å². The summed E-state index contributed by atoms with van der Waals surface area (Å²) in [7, 11) is 0. The van der Waals surface area contributed by atoms with E-state index in [1.165, 1.54) is 17.4 Å². The molecule has 0 spiro atoms. The van der Waals surface area contributed by atoms with E-state index in [0.29, 0.717) is 19.3 Å². The minimum atomic E-state index is -1.17. The zero-order valence-corrected chi connectivity index (χ0v) is 33.3. The standard InChI is InChI=1S/C42H55N7O6S/c1-25(2)36(46-26(3)50)38(51)48-37(28-14-8-5-9-15-28)39(52)47-33(18-11-20-45-42(43)44)40(53)49-24-32-29(23-34(49)41(54)55)16-10-17-30(32)31-19-21-56-35(31)22-27-12-6-4-7-13-27/h4,6-7,10,12-13,16-17,19,21,25,28,33-34,36-37H,5,8-9,11,14-15,18,20,22-24H2,1-3H3,(H,46,50)(H,47,52)(H,48,51)(H,54,55)(H4,43,44,45)/t33-,34-,36-,37?/m0/s1. The fraction of sp³-hybridized carbons (Fsp3) is 0.476. The largest absolute Gasteiger partial charge is 0.480 e. The minimum Gasteiger partial charge on any atom is -0.480 e. The number of rotatable bonds is 16. The Kier molecular flexibility index (Phi) is 14.6. The van der Waals surface area contributed by atoms with Crippen molar-refractivity contribution in [2.24, 2.45) is 28.3 Å². The third-order valence-corrected chi connectivity index (χ3v) is 11.7. The molecule has 0 saturated heterocycles. The molecule has 1 fully saturated rings. The summed E-state index contributed by atoms with van der Waals surface area (Å²) in [5, 5.41) is 21.1. The molecule has 0 bridgehead atoms. The number of fused-ring (bicyclic) bond motifs is 1. The first-order chi connectivity index (χ1) is 26.8. The molecular weight excluding hydrogens is 731 g/mol. The van der Waals surface area contributed by atoms with Crippen LogP contribution in [0.5, 0.6) is 0 Å². The monoisotopic (exact) mass is 785 g/mol. The lowest BCUT2D eigenvalue weighted by Crippen LogP contribution is -2.61. The SMILES string of the molecule is CC(=O)N[C@H](C(=O)NC(C(=O)N[C@@H](CCCN=C(N)N)C(=O)N1Cc2c(cccc2-c2ccsc2Cc2ccccc2)C[C@H]1C(=O)O)C1CCCCC1)C(C)C. The van der Waals surface area contributed by atoms with E-state index >= 15 is 0 Å². The number of aliphatic carboxylic acids is 1.